The van der Waals surface area contributed by atoms with Gasteiger partial charge in [-0.05, 0) is 24.6 Å². The average Bonchev–Trinajstić information content (AvgIpc) is 2.67. The number of aliphatic hydroxyl groups excluding tert-OH is 1. The van der Waals surface area contributed by atoms with E-state index in [0.717, 1.165) is 16.9 Å². The van der Waals surface area contributed by atoms with E-state index in [-0.39, 0.29) is 12.5 Å². The van der Waals surface area contributed by atoms with E-state index in [1.807, 2.05) is 55.5 Å². The summed E-state index contributed by atoms with van der Waals surface area (Å²) < 4.78 is 5.64. The Labute approximate surface area is 160 Å². The maximum absolute atomic E-state index is 9.67. The van der Waals surface area contributed by atoms with Crippen LogP contribution in [0, 0.1) is 0 Å². The molecule has 0 spiro atoms. The third kappa shape index (κ3) is 5.93. The number of benzene rings is 2. The Morgan fingerprint density at radius 1 is 1.19 bits per heavy atom. The molecule has 3 N–H and O–H groups in total. The number of guanidine groups is 1. The van der Waals surface area contributed by atoms with Crippen molar-refractivity contribution in [3.05, 3.63) is 64.7 Å². The van der Waals surface area contributed by atoms with Gasteiger partial charge in [0.2, 0.25) is 0 Å². The van der Waals surface area contributed by atoms with Crippen LogP contribution in [0.25, 0.3) is 0 Å². The van der Waals surface area contributed by atoms with Gasteiger partial charge in [-0.25, -0.2) is 0 Å². The highest BCUT2D eigenvalue weighted by molar-refractivity contribution is 6.30. The van der Waals surface area contributed by atoms with Crippen molar-refractivity contribution < 1.29 is 9.84 Å². The lowest BCUT2D eigenvalue weighted by Crippen LogP contribution is -2.39. The summed E-state index contributed by atoms with van der Waals surface area (Å²) in [6, 6.07) is 15.5. The number of aliphatic imine (C=N–C) groups is 1. The van der Waals surface area contributed by atoms with E-state index in [9.17, 15) is 5.11 Å². The fourth-order valence-electron chi connectivity index (χ4n) is 2.60. The number of hydrogen-bond donors (Lipinski definition) is 3. The molecule has 0 radical (unpaired) electrons. The van der Waals surface area contributed by atoms with E-state index in [1.165, 1.54) is 0 Å². The van der Waals surface area contributed by atoms with Crippen molar-refractivity contribution in [1.29, 1.82) is 0 Å². The molecule has 1 atom stereocenters. The maximum atomic E-state index is 9.67. The van der Waals surface area contributed by atoms with Crippen molar-refractivity contribution in [2.45, 2.75) is 19.4 Å². The molecule has 0 aromatic heterocycles. The Bertz CT molecular complexity index is 707. The van der Waals surface area contributed by atoms with Crippen LogP contribution in [0.15, 0.2) is 53.5 Å². The zero-order valence-corrected chi connectivity index (χ0v) is 16.0. The standard InChI is InChI=1S/C20H26ClN3O2/c1-3-26-19-11-18(21)10-9-16(19)12-23-20(22-2)24-13-17(14-25)15-7-5-4-6-8-15/h4-11,17,25H,3,12-14H2,1-2H3,(H2,22,23,24). The van der Waals surface area contributed by atoms with Gasteiger partial charge < -0.3 is 20.5 Å². The molecule has 5 nitrogen and oxygen atoms in total. The number of ether oxygens (including phenoxy) is 1. The largest absolute Gasteiger partial charge is 0.493 e. The van der Waals surface area contributed by atoms with Crippen molar-refractivity contribution in [2.75, 3.05) is 26.8 Å². The summed E-state index contributed by atoms with van der Waals surface area (Å²) in [5.74, 6) is 1.43. The zero-order chi connectivity index (χ0) is 18.8. The fourth-order valence-corrected chi connectivity index (χ4v) is 2.76. The number of nitrogens with zero attached hydrogens (tertiary/aromatic N) is 1. The Hall–Kier alpha value is -2.24. The second-order valence-electron chi connectivity index (χ2n) is 5.78. The zero-order valence-electron chi connectivity index (χ0n) is 15.2. The summed E-state index contributed by atoms with van der Waals surface area (Å²) in [7, 11) is 1.72. The first-order chi connectivity index (χ1) is 12.7. The van der Waals surface area contributed by atoms with Crippen LogP contribution in [0.5, 0.6) is 5.75 Å². The molecule has 0 aliphatic heterocycles. The summed E-state index contributed by atoms with van der Waals surface area (Å²) in [5.41, 5.74) is 2.09. The molecule has 0 bridgehead atoms. The highest BCUT2D eigenvalue weighted by atomic mass is 35.5. The van der Waals surface area contributed by atoms with Gasteiger partial charge in [0.25, 0.3) is 0 Å². The normalized spacial score (nSPS) is 12.5. The number of aliphatic hydroxyl groups is 1. The van der Waals surface area contributed by atoms with Crippen LogP contribution in [0.3, 0.4) is 0 Å². The van der Waals surface area contributed by atoms with Gasteiger partial charge in [-0.1, -0.05) is 48.0 Å². The maximum Gasteiger partial charge on any atom is 0.191 e. The SMILES string of the molecule is CCOc1cc(Cl)ccc1CNC(=NC)NCC(CO)c1ccccc1. The van der Waals surface area contributed by atoms with E-state index < -0.39 is 0 Å². The minimum atomic E-state index is 0.00395. The third-order valence-corrected chi connectivity index (χ3v) is 4.24. The Morgan fingerprint density at radius 3 is 2.62 bits per heavy atom. The summed E-state index contributed by atoms with van der Waals surface area (Å²) in [6.07, 6.45) is 0. The van der Waals surface area contributed by atoms with Crippen molar-refractivity contribution >= 4 is 17.6 Å². The minimum Gasteiger partial charge on any atom is -0.493 e. The first-order valence-electron chi connectivity index (χ1n) is 8.69. The van der Waals surface area contributed by atoms with Gasteiger partial charge in [0.15, 0.2) is 5.96 Å². The van der Waals surface area contributed by atoms with Crippen LogP contribution in [0.1, 0.15) is 24.0 Å². The summed E-state index contributed by atoms with van der Waals surface area (Å²) >= 11 is 6.04. The van der Waals surface area contributed by atoms with E-state index in [2.05, 4.69) is 15.6 Å². The summed E-state index contributed by atoms with van der Waals surface area (Å²) in [6.45, 7) is 3.73. The van der Waals surface area contributed by atoms with E-state index in [0.29, 0.717) is 30.7 Å². The van der Waals surface area contributed by atoms with Crippen molar-refractivity contribution in [1.82, 2.24) is 10.6 Å². The molecule has 0 saturated heterocycles. The molecular formula is C20H26ClN3O2. The topological polar surface area (TPSA) is 65.9 Å². The van der Waals surface area contributed by atoms with Crippen molar-refractivity contribution in [3.8, 4) is 5.75 Å². The third-order valence-electron chi connectivity index (χ3n) is 4.01. The van der Waals surface area contributed by atoms with Gasteiger partial charge >= 0.3 is 0 Å². The molecule has 26 heavy (non-hydrogen) atoms. The van der Waals surface area contributed by atoms with Gasteiger partial charge in [-0.15, -0.1) is 0 Å². The monoisotopic (exact) mass is 375 g/mol. The molecule has 0 heterocycles. The van der Waals surface area contributed by atoms with Crippen molar-refractivity contribution in [3.63, 3.8) is 0 Å². The highest BCUT2D eigenvalue weighted by Gasteiger charge is 2.11. The van der Waals surface area contributed by atoms with Crippen LogP contribution in [-0.2, 0) is 6.54 Å². The Kier molecular flexibility index (Phi) is 8.25. The molecule has 2 rings (SSSR count). The minimum absolute atomic E-state index is 0.00395. The average molecular weight is 376 g/mol. The first kappa shape index (κ1) is 20.1. The predicted molar refractivity (Wildman–Crippen MR) is 107 cm³/mol. The smallest absolute Gasteiger partial charge is 0.191 e. The molecule has 0 aliphatic rings. The van der Waals surface area contributed by atoms with Gasteiger partial charge in [0.05, 0.1) is 13.2 Å². The van der Waals surface area contributed by atoms with E-state index in [1.54, 1.807) is 7.05 Å². The molecule has 6 heteroatoms. The number of rotatable bonds is 8. The molecule has 0 saturated carbocycles. The molecule has 1 unspecified atom stereocenters. The Balaban J connectivity index is 1.94. The summed E-state index contributed by atoms with van der Waals surface area (Å²) in [5, 5.41) is 16.8. The molecule has 0 fully saturated rings. The fraction of sp³-hybridized carbons (Fsp3) is 0.350. The van der Waals surface area contributed by atoms with Gasteiger partial charge in [0.1, 0.15) is 5.75 Å². The second kappa shape index (κ2) is 10.7. The van der Waals surface area contributed by atoms with Gasteiger partial charge in [0, 0.05) is 36.6 Å². The molecule has 0 amide bonds. The lowest BCUT2D eigenvalue weighted by Gasteiger charge is -2.18. The van der Waals surface area contributed by atoms with E-state index >= 15 is 0 Å². The number of nitrogens with one attached hydrogen (secondary N) is 2. The van der Waals surface area contributed by atoms with Crippen LogP contribution >= 0.6 is 11.6 Å². The van der Waals surface area contributed by atoms with Gasteiger partial charge in [-0.2, -0.15) is 0 Å². The lowest BCUT2D eigenvalue weighted by molar-refractivity contribution is 0.265. The lowest BCUT2D eigenvalue weighted by atomic mass is 10.0. The van der Waals surface area contributed by atoms with Crippen LogP contribution in [-0.4, -0.2) is 37.9 Å². The van der Waals surface area contributed by atoms with Gasteiger partial charge in [-0.3, -0.25) is 4.99 Å². The van der Waals surface area contributed by atoms with Crippen LogP contribution in [0.2, 0.25) is 5.02 Å². The highest BCUT2D eigenvalue weighted by Crippen LogP contribution is 2.23. The first-order valence-corrected chi connectivity index (χ1v) is 9.07. The molecule has 2 aromatic carbocycles. The number of hydrogen-bond acceptors (Lipinski definition) is 3. The van der Waals surface area contributed by atoms with Crippen LogP contribution < -0.4 is 15.4 Å². The second-order valence-corrected chi connectivity index (χ2v) is 6.22. The quantitative estimate of drug-likeness (QED) is 0.489. The van der Waals surface area contributed by atoms with Crippen molar-refractivity contribution in [2.24, 2.45) is 4.99 Å². The Morgan fingerprint density at radius 2 is 1.96 bits per heavy atom. The molecular weight excluding hydrogens is 350 g/mol. The molecule has 0 aliphatic carbocycles. The van der Waals surface area contributed by atoms with E-state index in [4.69, 9.17) is 16.3 Å². The number of halogens is 1. The molecule has 140 valence electrons. The van der Waals surface area contributed by atoms with Crippen LogP contribution in [0.4, 0.5) is 0 Å². The molecule has 2 aromatic rings. The summed E-state index contributed by atoms with van der Waals surface area (Å²) in [4.78, 5) is 4.24. The predicted octanol–water partition coefficient (Wildman–Crippen LogP) is 3.18.